The summed E-state index contributed by atoms with van der Waals surface area (Å²) < 4.78 is 44.5. The smallest absolute Gasteiger partial charge is 0.384 e. The number of amides is 1. The molecule has 2 N–H and O–H groups in total. The van der Waals surface area contributed by atoms with Crippen LogP contribution in [0.3, 0.4) is 0 Å². The summed E-state index contributed by atoms with van der Waals surface area (Å²) in [4.78, 5) is 21.9. The van der Waals surface area contributed by atoms with Gasteiger partial charge >= 0.3 is 6.18 Å². The number of carbonyl (C=O) groups excluding carboxylic acids is 1. The quantitative estimate of drug-likeness (QED) is 0.513. The van der Waals surface area contributed by atoms with Gasteiger partial charge in [-0.2, -0.15) is 13.2 Å². The number of pyridine rings is 1. The Balaban J connectivity index is 1.06. The molecule has 0 spiro atoms. The molecule has 1 aromatic carbocycles. The van der Waals surface area contributed by atoms with Gasteiger partial charge in [0.15, 0.2) is 11.4 Å². The molecule has 2 aromatic heterocycles. The third-order valence-corrected chi connectivity index (χ3v) is 8.54. The first kappa shape index (κ1) is 25.1. The van der Waals surface area contributed by atoms with Crippen molar-refractivity contribution < 1.29 is 27.6 Å². The summed E-state index contributed by atoms with van der Waals surface area (Å²) in [5.74, 6) is 0.0292. The van der Waals surface area contributed by atoms with Crippen LogP contribution in [-0.2, 0) is 16.6 Å². The SMILES string of the molecule is O=C(CNc1noc2ccc(C(F)(F)F)cc12)N1CC[C@H]2[C@@H]1CCN2C1CCC(O)(c2ccccn2)CC1. The second-order valence-electron chi connectivity index (χ2n) is 10.6. The number of aliphatic hydroxyl groups is 1. The zero-order valence-corrected chi connectivity index (χ0v) is 20.8. The van der Waals surface area contributed by atoms with Gasteiger partial charge < -0.3 is 19.8 Å². The third-order valence-electron chi connectivity index (χ3n) is 8.54. The van der Waals surface area contributed by atoms with Gasteiger partial charge in [0.2, 0.25) is 5.91 Å². The summed E-state index contributed by atoms with van der Waals surface area (Å²) in [7, 11) is 0. The lowest BCUT2D eigenvalue weighted by molar-refractivity contribution is -0.137. The van der Waals surface area contributed by atoms with E-state index in [1.165, 1.54) is 6.07 Å². The molecule has 1 saturated carbocycles. The highest BCUT2D eigenvalue weighted by Gasteiger charge is 2.48. The molecule has 2 atom stereocenters. The maximum atomic E-state index is 13.1. The molecule has 1 amide bonds. The zero-order valence-electron chi connectivity index (χ0n) is 20.8. The molecular formula is C27H30F3N5O3. The van der Waals surface area contributed by atoms with Crippen LogP contribution in [0.4, 0.5) is 19.0 Å². The fraction of sp³-hybridized carbons (Fsp3) is 0.519. The number of anilines is 1. The summed E-state index contributed by atoms with van der Waals surface area (Å²) in [6, 6.07) is 9.58. The molecule has 6 rings (SSSR count). The minimum absolute atomic E-state index is 0.0678. The van der Waals surface area contributed by atoms with E-state index < -0.39 is 17.3 Å². The minimum atomic E-state index is -4.48. The van der Waals surface area contributed by atoms with Gasteiger partial charge in [-0.1, -0.05) is 11.2 Å². The molecule has 8 nitrogen and oxygen atoms in total. The van der Waals surface area contributed by atoms with Crippen molar-refractivity contribution >= 4 is 22.7 Å². The van der Waals surface area contributed by atoms with Gasteiger partial charge in [0.1, 0.15) is 5.60 Å². The number of fused-ring (bicyclic) bond motifs is 2. The number of alkyl halides is 3. The fourth-order valence-electron chi connectivity index (χ4n) is 6.59. The van der Waals surface area contributed by atoms with Crippen molar-refractivity contribution in [1.82, 2.24) is 19.9 Å². The molecule has 202 valence electrons. The van der Waals surface area contributed by atoms with E-state index in [9.17, 15) is 23.1 Å². The summed E-state index contributed by atoms with van der Waals surface area (Å²) >= 11 is 0. The highest BCUT2D eigenvalue weighted by molar-refractivity contribution is 5.91. The molecule has 3 aliphatic rings. The van der Waals surface area contributed by atoms with E-state index >= 15 is 0 Å². The van der Waals surface area contributed by atoms with Crippen molar-refractivity contribution in [2.45, 2.75) is 68.4 Å². The van der Waals surface area contributed by atoms with Crippen molar-refractivity contribution in [3.63, 3.8) is 0 Å². The van der Waals surface area contributed by atoms with Gasteiger partial charge in [0, 0.05) is 37.4 Å². The van der Waals surface area contributed by atoms with E-state index in [2.05, 4.69) is 20.4 Å². The van der Waals surface area contributed by atoms with Crippen LogP contribution in [0.25, 0.3) is 11.0 Å². The summed E-state index contributed by atoms with van der Waals surface area (Å²) in [5.41, 5.74) is -0.718. The van der Waals surface area contributed by atoms with Crippen molar-refractivity contribution in [1.29, 1.82) is 0 Å². The maximum Gasteiger partial charge on any atom is 0.416 e. The Bertz CT molecular complexity index is 1310. The minimum Gasteiger partial charge on any atom is -0.384 e. The molecule has 3 aromatic rings. The van der Waals surface area contributed by atoms with E-state index in [1.807, 2.05) is 23.1 Å². The van der Waals surface area contributed by atoms with Crippen LogP contribution in [-0.4, -0.2) is 68.7 Å². The topological polar surface area (TPSA) is 94.7 Å². The molecule has 0 radical (unpaired) electrons. The molecule has 1 aliphatic carbocycles. The lowest BCUT2D eigenvalue weighted by Gasteiger charge is -2.41. The third kappa shape index (κ3) is 4.51. The van der Waals surface area contributed by atoms with E-state index in [0.717, 1.165) is 50.1 Å². The number of aromatic nitrogens is 2. The van der Waals surface area contributed by atoms with Crippen LogP contribution in [0.2, 0.25) is 0 Å². The Labute approximate surface area is 217 Å². The number of hydrogen-bond acceptors (Lipinski definition) is 7. The van der Waals surface area contributed by atoms with Crippen LogP contribution in [0.5, 0.6) is 0 Å². The molecule has 38 heavy (non-hydrogen) atoms. The standard InChI is InChI=1S/C27H30F3N5O3/c28-27(29,30)17-4-5-22-19(15-17)25(33-38-22)32-16-24(36)35-14-9-20-21(35)8-13-34(20)18-6-10-26(37,11-7-18)23-3-1-2-12-31-23/h1-5,12,15,18,20-21,37H,6-11,13-14,16H2,(H,32,33)/t18?,20-,21-,26?/m0/s1. The normalized spacial score (nSPS) is 28.1. The predicted molar refractivity (Wildman–Crippen MR) is 133 cm³/mol. The summed E-state index contributed by atoms with van der Waals surface area (Å²) in [6.07, 6.45) is 2.10. The number of hydrogen-bond donors (Lipinski definition) is 2. The number of nitrogens with zero attached hydrogens (tertiary/aromatic N) is 4. The van der Waals surface area contributed by atoms with Crippen molar-refractivity contribution in [2.75, 3.05) is 25.0 Å². The first-order chi connectivity index (χ1) is 18.2. The Morgan fingerprint density at radius 3 is 2.63 bits per heavy atom. The van der Waals surface area contributed by atoms with Gasteiger partial charge in [-0.25, -0.2) is 0 Å². The highest BCUT2D eigenvalue weighted by Crippen LogP contribution is 2.42. The average molecular weight is 530 g/mol. The summed E-state index contributed by atoms with van der Waals surface area (Å²) in [6.45, 7) is 1.49. The van der Waals surface area contributed by atoms with Crippen LogP contribution in [0, 0.1) is 0 Å². The van der Waals surface area contributed by atoms with Gasteiger partial charge in [-0.3, -0.25) is 14.7 Å². The number of benzene rings is 1. The largest absolute Gasteiger partial charge is 0.416 e. The summed E-state index contributed by atoms with van der Waals surface area (Å²) in [5, 5.41) is 18.1. The molecular weight excluding hydrogens is 499 g/mol. The van der Waals surface area contributed by atoms with Gasteiger partial charge in [0.05, 0.1) is 23.2 Å². The number of likely N-dealkylation sites (tertiary alicyclic amines) is 2. The first-order valence-electron chi connectivity index (χ1n) is 13.1. The highest BCUT2D eigenvalue weighted by atomic mass is 19.4. The second-order valence-corrected chi connectivity index (χ2v) is 10.6. The Kier molecular flexibility index (Phi) is 6.30. The van der Waals surface area contributed by atoms with E-state index in [1.54, 1.807) is 6.20 Å². The number of rotatable bonds is 5. The molecule has 11 heteroatoms. The zero-order chi connectivity index (χ0) is 26.5. The predicted octanol–water partition coefficient (Wildman–Crippen LogP) is 4.16. The Morgan fingerprint density at radius 2 is 1.89 bits per heavy atom. The maximum absolute atomic E-state index is 13.1. The van der Waals surface area contributed by atoms with E-state index in [4.69, 9.17) is 4.52 Å². The van der Waals surface area contributed by atoms with E-state index in [-0.39, 0.29) is 41.3 Å². The molecule has 4 heterocycles. The van der Waals surface area contributed by atoms with Crippen LogP contribution in [0.15, 0.2) is 47.1 Å². The molecule has 2 aliphatic heterocycles. The Hall–Kier alpha value is -3.18. The van der Waals surface area contributed by atoms with Crippen LogP contribution >= 0.6 is 0 Å². The van der Waals surface area contributed by atoms with E-state index in [0.29, 0.717) is 25.4 Å². The molecule has 2 saturated heterocycles. The lowest BCUT2D eigenvalue weighted by atomic mass is 9.79. The Morgan fingerprint density at radius 1 is 1.11 bits per heavy atom. The molecule has 0 bridgehead atoms. The monoisotopic (exact) mass is 529 g/mol. The first-order valence-corrected chi connectivity index (χ1v) is 13.1. The average Bonchev–Trinajstić information content (AvgIpc) is 3.63. The van der Waals surface area contributed by atoms with Crippen molar-refractivity contribution in [3.05, 3.63) is 53.9 Å². The fourth-order valence-corrected chi connectivity index (χ4v) is 6.59. The number of nitrogens with one attached hydrogen (secondary N) is 1. The molecule has 0 unspecified atom stereocenters. The van der Waals surface area contributed by atoms with Gasteiger partial charge in [0.25, 0.3) is 0 Å². The van der Waals surface area contributed by atoms with Gasteiger partial charge in [-0.15, -0.1) is 0 Å². The number of halogens is 3. The van der Waals surface area contributed by atoms with Crippen molar-refractivity contribution in [3.8, 4) is 0 Å². The lowest BCUT2D eigenvalue weighted by Crippen LogP contribution is -2.47. The van der Waals surface area contributed by atoms with Crippen LogP contribution in [0.1, 0.15) is 49.8 Å². The second kappa shape index (κ2) is 9.53. The van der Waals surface area contributed by atoms with Crippen LogP contribution < -0.4 is 5.32 Å². The molecule has 3 fully saturated rings. The van der Waals surface area contributed by atoms with Gasteiger partial charge in [-0.05, 0) is 68.9 Å². The number of carbonyl (C=O) groups is 1. The van der Waals surface area contributed by atoms with Crippen molar-refractivity contribution in [2.24, 2.45) is 0 Å².